The van der Waals surface area contributed by atoms with E-state index in [0.717, 1.165) is 28.8 Å². The molecule has 3 aromatic rings. The Kier molecular flexibility index (Phi) is 3.87. The second kappa shape index (κ2) is 5.97. The van der Waals surface area contributed by atoms with E-state index in [0.29, 0.717) is 12.1 Å². The number of rotatable bonds is 4. The smallest absolute Gasteiger partial charge is 0.293 e. The second-order valence-electron chi connectivity index (χ2n) is 5.00. The summed E-state index contributed by atoms with van der Waals surface area (Å²) in [7, 11) is 1.63. The molecule has 1 aromatic carbocycles. The van der Waals surface area contributed by atoms with Crippen LogP contribution in [0, 0.1) is 0 Å². The molecule has 0 saturated heterocycles. The lowest BCUT2D eigenvalue weighted by atomic mass is 10.1. The minimum absolute atomic E-state index is 0.144. The predicted octanol–water partition coefficient (Wildman–Crippen LogP) is 2.88. The number of ether oxygens (including phenoxy) is 1. The van der Waals surface area contributed by atoms with Gasteiger partial charge in [-0.15, -0.1) is 0 Å². The van der Waals surface area contributed by atoms with E-state index >= 15 is 0 Å². The van der Waals surface area contributed by atoms with E-state index in [4.69, 9.17) is 4.74 Å². The van der Waals surface area contributed by atoms with Crippen LogP contribution in [-0.4, -0.2) is 21.9 Å². The van der Waals surface area contributed by atoms with Gasteiger partial charge in [-0.25, -0.2) is 4.68 Å². The highest BCUT2D eigenvalue weighted by atomic mass is 16.5. The van der Waals surface area contributed by atoms with Crippen LogP contribution in [0.3, 0.4) is 0 Å². The number of nitrogens with zero attached hydrogens (tertiary/aromatic N) is 3. The van der Waals surface area contributed by atoms with Crippen LogP contribution in [0.1, 0.15) is 13.3 Å². The Morgan fingerprint density at radius 1 is 1.18 bits per heavy atom. The molecule has 5 nitrogen and oxygen atoms in total. The fourth-order valence-electron chi connectivity index (χ4n) is 2.43. The van der Waals surface area contributed by atoms with Gasteiger partial charge in [-0.2, -0.15) is 5.10 Å². The minimum Gasteiger partial charge on any atom is -0.497 e. The van der Waals surface area contributed by atoms with Gasteiger partial charge in [0.05, 0.1) is 7.11 Å². The molecular weight excluding hydrogens is 278 g/mol. The van der Waals surface area contributed by atoms with Crippen LogP contribution in [0.5, 0.6) is 5.75 Å². The molecule has 0 N–H and O–H groups in total. The molecule has 2 heterocycles. The second-order valence-corrected chi connectivity index (χ2v) is 5.00. The number of benzene rings is 1. The molecule has 5 heteroatoms. The molecule has 112 valence electrons. The molecular formula is C17H17N3O2. The first-order chi connectivity index (χ1) is 10.7. The zero-order valence-electron chi connectivity index (χ0n) is 12.6. The first-order valence-corrected chi connectivity index (χ1v) is 7.25. The summed E-state index contributed by atoms with van der Waals surface area (Å²) in [5, 5.41) is 5.31. The number of pyridine rings is 1. The van der Waals surface area contributed by atoms with Crippen molar-refractivity contribution in [1.29, 1.82) is 0 Å². The Labute approximate surface area is 128 Å². The number of hydrogen-bond donors (Lipinski definition) is 0. The molecule has 0 bridgehead atoms. The molecule has 22 heavy (non-hydrogen) atoms. The van der Waals surface area contributed by atoms with Crippen molar-refractivity contribution >= 4 is 10.9 Å². The molecule has 0 aliphatic carbocycles. The van der Waals surface area contributed by atoms with Crippen LogP contribution in [0.15, 0.2) is 47.4 Å². The van der Waals surface area contributed by atoms with Gasteiger partial charge in [-0.05, 0) is 42.8 Å². The lowest BCUT2D eigenvalue weighted by molar-refractivity contribution is 0.415. The van der Waals surface area contributed by atoms with Crippen LogP contribution >= 0.6 is 0 Å². The third-order valence-electron chi connectivity index (χ3n) is 3.52. The summed E-state index contributed by atoms with van der Waals surface area (Å²) in [6, 6.07) is 11.3. The van der Waals surface area contributed by atoms with Crippen molar-refractivity contribution in [3.8, 4) is 17.0 Å². The van der Waals surface area contributed by atoms with Gasteiger partial charge in [0.25, 0.3) is 5.56 Å². The first kappa shape index (κ1) is 14.3. The van der Waals surface area contributed by atoms with Crippen LogP contribution in [0.4, 0.5) is 0 Å². The van der Waals surface area contributed by atoms with Crippen LogP contribution in [0.25, 0.3) is 22.2 Å². The van der Waals surface area contributed by atoms with E-state index in [1.54, 1.807) is 13.3 Å². The molecule has 0 atom stereocenters. The third kappa shape index (κ3) is 2.45. The molecule has 0 unspecified atom stereocenters. The van der Waals surface area contributed by atoms with E-state index in [1.807, 2.05) is 43.3 Å². The van der Waals surface area contributed by atoms with Crippen molar-refractivity contribution in [2.45, 2.75) is 19.9 Å². The highest BCUT2D eigenvalue weighted by molar-refractivity contribution is 5.91. The van der Waals surface area contributed by atoms with Crippen LogP contribution in [0.2, 0.25) is 0 Å². The molecule has 2 aromatic heterocycles. The summed E-state index contributed by atoms with van der Waals surface area (Å²) in [6.07, 6.45) is 2.48. The molecule has 0 radical (unpaired) electrons. The van der Waals surface area contributed by atoms with Crippen LogP contribution < -0.4 is 10.3 Å². The quantitative estimate of drug-likeness (QED) is 0.742. The van der Waals surface area contributed by atoms with Crippen LogP contribution in [-0.2, 0) is 6.54 Å². The number of fused-ring (bicyclic) bond motifs is 1. The number of aromatic nitrogens is 3. The SMILES string of the molecule is CCCn1nc(-c2ccc(OC)cc2)c2cccnc2c1=O. The van der Waals surface area contributed by atoms with Gasteiger partial charge >= 0.3 is 0 Å². The van der Waals surface area contributed by atoms with Crippen molar-refractivity contribution in [2.24, 2.45) is 0 Å². The molecule has 0 aliphatic heterocycles. The largest absolute Gasteiger partial charge is 0.497 e. The van der Waals surface area contributed by atoms with Gasteiger partial charge in [0, 0.05) is 23.7 Å². The maximum atomic E-state index is 12.4. The van der Waals surface area contributed by atoms with Gasteiger partial charge in [-0.1, -0.05) is 6.92 Å². The van der Waals surface area contributed by atoms with E-state index < -0.39 is 0 Å². The monoisotopic (exact) mass is 295 g/mol. The van der Waals surface area contributed by atoms with Crippen molar-refractivity contribution in [3.63, 3.8) is 0 Å². The van der Waals surface area contributed by atoms with Gasteiger partial charge in [0.15, 0.2) is 0 Å². The average molecular weight is 295 g/mol. The fourth-order valence-corrected chi connectivity index (χ4v) is 2.43. The first-order valence-electron chi connectivity index (χ1n) is 7.25. The maximum Gasteiger partial charge on any atom is 0.293 e. The molecule has 0 aliphatic rings. The Morgan fingerprint density at radius 2 is 1.95 bits per heavy atom. The highest BCUT2D eigenvalue weighted by Crippen LogP contribution is 2.25. The molecule has 0 fully saturated rings. The van der Waals surface area contributed by atoms with Gasteiger partial charge < -0.3 is 4.74 Å². The van der Waals surface area contributed by atoms with Gasteiger partial charge in [0.1, 0.15) is 17.0 Å². The standard InChI is InChI=1S/C17H17N3O2/c1-3-11-20-17(21)16-14(5-4-10-18-16)15(19-20)12-6-8-13(22-2)9-7-12/h4-10H,3,11H2,1-2H3. The minimum atomic E-state index is -0.144. The van der Waals surface area contributed by atoms with Crippen molar-refractivity contribution < 1.29 is 4.74 Å². The topological polar surface area (TPSA) is 57.0 Å². The third-order valence-corrected chi connectivity index (χ3v) is 3.52. The Hall–Kier alpha value is -2.69. The Balaban J connectivity index is 2.27. The summed E-state index contributed by atoms with van der Waals surface area (Å²) in [6.45, 7) is 2.60. The van der Waals surface area contributed by atoms with E-state index in [-0.39, 0.29) is 5.56 Å². The summed E-state index contributed by atoms with van der Waals surface area (Å²) < 4.78 is 6.68. The van der Waals surface area contributed by atoms with Crippen molar-refractivity contribution in [3.05, 3.63) is 52.9 Å². The zero-order valence-corrected chi connectivity index (χ0v) is 12.6. The van der Waals surface area contributed by atoms with E-state index in [1.165, 1.54) is 4.68 Å². The summed E-state index contributed by atoms with van der Waals surface area (Å²) in [5.74, 6) is 0.785. The normalized spacial score (nSPS) is 10.8. The molecule has 3 rings (SSSR count). The van der Waals surface area contributed by atoms with Crippen molar-refractivity contribution in [1.82, 2.24) is 14.8 Å². The maximum absolute atomic E-state index is 12.4. The van der Waals surface area contributed by atoms with Gasteiger partial charge in [0.2, 0.25) is 0 Å². The van der Waals surface area contributed by atoms with Gasteiger partial charge in [-0.3, -0.25) is 9.78 Å². The highest BCUT2D eigenvalue weighted by Gasteiger charge is 2.12. The number of methoxy groups -OCH3 is 1. The Bertz CT molecular complexity index is 854. The van der Waals surface area contributed by atoms with E-state index in [9.17, 15) is 4.79 Å². The van der Waals surface area contributed by atoms with Crippen molar-refractivity contribution in [2.75, 3.05) is 7.11 Å². The zero-order chi connectivity index (χ0) is 15.5. The average Bonchev–Trinajstić information content (AvgIpc) is 2.58. The lowest BCUT2D eigenvalue weighted by Gasteiger charge is -2.10. The number of hydrogen-bond acceptors (Lipinski definition) is 4. The number of aryl methyl sites for hydroxylation is 1. The fraction of sp³-hybridized carbons (Fsp3) is 0.235. The molecule has 0 saturated carbocycles. The summed E-state index contributed by atoms with van der Waals surface area (Å²) in [4.78, 5) is 16.7. The van der Waals surface area contributed by atoms with E-state index in [2.05, 4.69) is 10.1 Å². The molecule has 0 amide bonds. The predicted molar refractivity (Wildman–Crippen MR) is 86.1 cm³/mol. The lowest BCUT2D eigenvalue weighted by Crippen LogP contribution is -2.24. The Morgan fingerprint density at radius 3 is 2.64 bits per heavy atom. The summed E-state index contributed by atoms with van der Waals surface area (Å²) in [5.41, 5.74) is 2.01. The molecule has 0 spiro atoms. The summed E-state index contributed by atoms with van der Waals surface area (Å²) >= 11 is 0.